The predicted molar refractivity (Wildman–Crippen MR) is 92.0 cm³/mol. The van der Waals surface area contributed by atoms with Crippen LogP contribution in [-0.4, -0.2) is 20.5 Å². The van der Waals surface area contributed by atoms with Crippen LogP contribution in [0.15, 0.2) is 34.3 Å². The number of hydrogen-bond acceptors (Lipinski definition) is 4. The third-order valence-corrected chi connectivity index (χ3v) is 5.45. The first-order valence-corrected chi connectivity index (χ1v) is 9.31. The third kappa shape index (κ3) is 4.78. The highest BCUT2D eigenvalue weighted by molar-refractivity contribution is 7.99. The number of rotatable bonds is 7. The molecule has 0 spiro atoms. The van der Waals surface area contributed by atoms with E-state index < -0.39 is 0 Å². The standard InChI is InChI=1S/C16H23N3S2/c1-5-19-15(17-18-16(19)21-10-12(2)3)11-20-14-8-6-13(4)7-9-14/h6-9,12H,5,10-11H2,1-4H3. The van der Waals surface area contributed by atoms with Gasteiger partial charge < -0.3 is 4.57 Å². The Morgan fingerprint density at radius 3 is 2.43 bits per heavy atom. The lowest BCUT2D eigenvalue weighted by Crippen LogP contribution is -2.03. The van der Waals surface area contributed by atoms with Crippen LogP contribution in [0.2, 0.25) is 0 Å². The lowest BCUT2D eigenvalue weighted by molar-refractivity contribution is 0.656. The molecule has 1 aromatic carbocycles. The van der Waals surface area contributed by atoms with Crippen molar-refractivity contribution < 1.29 is 0 Å². The molecule has 0 saturated carbocycles. The molecule has 0 aliphatic carbocycles. The van der Waals surface area contributed by atoms with Crippen LogP contribution in [-0.2, 0) is 12.3 Å². The van der Waals surface area contributed by atoms with Crippen molar-refractivity contribution >= 4 is 23.5 Å². The summed E-state index contributed by atoms with van der Waals surface area (Å²) in [5.41, 5.74) is 1.29. The molecule has 0 amide bonds. The molecular formula is C16H23N3S2. The second-order valence-electron chi connectivity index (χ2n) is 5.45. The summed E-state index contributed by atoms with van der Waals surface area (Å²) in [6.07, 6.45) is 0. The number of thioether (sulfide) groups is 2. The first-order valence-electron chi connectivity index (χ1n) is 7.34. The van der Waals surface area contributed by atoms with Crippen molar-refractivity contribution in [3.05, 3.63) is 35.7 Å². The zero-order valence-electron chi connectivity index (χ0n) is 13.2. The Bertz CT molecular complexity index is 561. The molecule has 1 heterocycles. The van der Waals surface area contributed by atoms with E-state index >= 15 is 0 Å². The van der Waals surface area contributed by atoms with Gasteiger partial charge in [0.05, 0.1) is 5.75 Å². The van der Waals surface area contributed by atoms with Gasteiger partial charge in [-0.15, -0.1) is 22.0 Å². The fourth-order valence-corrected chi connectivity index (χ4v) is 3.68. The molecular weight excluding hydrogens is 298 g/mol. The van der Waals surface area contributed by atoms with Gasteiger partial charge in [0.2, 0.25) is 0 Å². The van der Waals surface area contributed by atoms with E-state index in [-0.39, 0.29) is 0 Å². The van der Waals surface area contributed by atoms with Gasteiger partial charge in [-0.3, -0.25) is 0 Å². The Morgan fingerprint density at radius 2 is 1.81 bits per heavy atom. The summed E-state index contributed by atoms with van der Waals surface area (Å²) in [5.74, 6) is 3.69. The highest BCUT2D eigenvalue weighted by atomic mass is 32.2. The van der Waals surface area contributed by atoms with Crippen molar-refractivity contribution in [2.75, 3.05) is 5.75 Å². The van der Waals surface area contributed by atoms with E-state index in [0.29, 0.717) is 5.92 Å². The van der Waals surface area contributed by atoms with E-state index in [9.17, 15) is 0 Å². The van der Waals surface area contributed by atoms with Crippen LogP contribution in [0, 0.1) is 12.8 Å². The van der Waals surface area contributed by atoms with Gasteiger partial charge in [-0.2, -0.15) is 0 Å². The maximum absolute atomic E-state index is 4.37. The predicted octanol–water partition coefficient (Wildman–Crippen LogP) is 4.65. The Hall–Kier alpha value is -0.940. The Kier molecular flexibility index (Phi) is 6.18. The molecule has 114 valence electrons. The number of benzene rings is 1. The average molecular weight is 322 g/mol. The zero-order chi connectivity index (χ0) is 15.2. The second-order valence-corrected chi connectivity index (χ2v) is 7.49. The highest BCUT2D eigenvalue weighted by Gasteiger charge is 2.12. The summed E-state index contributed by atoms with van der Waals surface area (Å²) in [7, 11) is 0. The van der Waals surface area contributed by atoms with Gasteiger partial charge in [0.25, 0.3) is 0 Å². The molecule has 3 nitrogen and oxygen atoms in total. The minimum atomic E-state index is 0.669. The monoisotopic (exact) mass is 321 g/mol. The molecule has 21 heavy (non-hydrogen) atoms. The van der Waals surface area contributed by atoms with Gasteiger partial charge >= 0.3 is 0 Å². The maximum atomic E-state index is 4.37. The van der Waals surface area contributed by atoms with Gasteiger partial charge in [0.15, 0.2) is 5.16 Å². The average Bonchev–Trinajstić information content (AvgIpc) is 2.86. The molecule has 0 fully saturated rings. The third-order valence-electron chi connectivity index (χ3n) is 3.04. The van der Waals surface area contributed by atoms with Crippen LogP contribution in [0.5, 0.6) is 0 Å². The summed E-state index contributed by atoms with van der Waals surface area (Å²) in [4.78, 5) is 1.28. The Labute approximate surface area is 135 Å². The molecule has 0 N–H and O–H groups in total. The molecule has 0 unspecified atom stereocenters. The van der Waals surface area contributed by atoms with E-state index in [0.717, 1.165) is 29.0 Å². The second kappa shape index (κ2) is 7.90. The molecule has 0 saturated heterocycles. The fraction of sp³-hybridized carbons (Fsp3) is 0.500. The van der Waals surface area contributed by atoms with E-state index in [4.69, 9.17) is 0 Å². The molecule has 0 aliphatic rings. The maximum Gasteiger partial charge on any atom is 0.191 e. The van der Waals surface area contributed by atoms with Crippen LogP contribution >= 0.6 is 23.5 Å². The molecule has 5 heteroatoms. The molecule has 1 aromatic heterocycles. The lowest BCUT2D eigenvalue weighted by atomic mass is 10.2. The van der Waals surface area contributed by atoms with Crippen molar-refractivity contribution in [3.63, 3.8) is 0 Å². The number of aryl methyl sites for hydroxylation is 1. The van der Waals surface area contributed by atoms with E-state index in [1.807, 2.05) is 11.8 Å². The lowest BCUT2D eigenvalue weighted by Gasteiger charge is -2.08. The molecule has 2 rings (SSSR count). The summed E-state index contributed by atoms with van der Waals surface area (Å²) < 4.78 is 2.23. The van der Waals surface area contributed by atoms with Crippen LogP contribution in [0.25, 0.3) is 0 Å². The largest absolute Gasteiger partial charge is 0.306 e. The van der Waals surface area contributed by atoms with Gasteiger partial charge in [0.1, 0.15) is 5.82 Å². The fourth-order valence-electron chi connectivity index (χ4n) is 1.87. The summed E-state index contributed by atoms with van der Waals surface area (Å²) in [6.45, 7) is 9.65. The summed E-state index contributed by atoms with van der Waals surface area (Å²) >= 11 is 3.62. The minimum absolute atomic E-state index is 0.669. The van der Waals surface area contributed by atoms with Crippen molar-refractivity contribution in [1.82, 2.24) is 14.8 Å². The van der Waals surface area contributed by atoms with E-state index in [1.54, 1.807) is 11.8 Å². The number of hydrogen-bond donors (Lipinski definition) is 0. The first-order chi connectivity index (χ1) is 10.1. The van der Waals surface area contributed by atoms with E-state index in [2.05, 4.69) is 66.7 Å². The highest BCUT2D eigenvalue weighted by Crippen LogP contribution is 2.25. The van der Waals surface area contributed by atoms with Crippen LogP contribution < -0.4 is 0 Å². The number of aromatic nitrogens is 3. The quantitative estimate of drug-likeness (QED) is 0.695. The summed E-state index contributed by atoms with van der Waals surface area (Å²) in [5, 5.41) is 9.76. The molecule has 0 aliphatic heterocycles. The van der Waals surface area contributed by atoms with Crippen molar-refractivity contribution in [3.8, 4) is 0 Å². The van der Waals surface area contributed by atoms with Gasteiger partial charge in [0, 0.05) is 17.2 Å². The van der Waals surface area contributed by atoms with Crippen LogP contribution in [0.1, 0.15) is 32.2 Å². The molecule has 0 radical (unpaired) electrons. The normalized spacial score (nSPS) is 11.3. The summed E-state index contributed by atoms with van der Waals surface area (Å²) in [6, 6.07) is 8.63. The van der Waals surface area contributed by atoms with Crippen molar-refractivity contribution in [2.45, 2.75) is 50.0 Å². The Morgan fingerprint density at radius 1 is 1.10 bits per heavy atom. The molecule has 2 aromatic rings. The molecule has 0 atom stereocenters. The van der Waals surface area contributed by atoms with Crippen molar-refractivity contribution in [1.29, 1.82) is 0 Å². The number of nitrogens with zero attached hydrogens (tertiary/aromatic N) is 3. The van der Waals surface area contributed by atoms with Gasteiger partial charge in [-0.05, 0) is 31.9 Å². The topological polar surface area (TPSA) is 30.7 Å². The van der Waals surface area contributed by atoms with Gasteiger partial charge in [-0.25, -0.2) is 0 Å². The molecule has 0 bridgehead atoms. The SMILES string of the molecule is CCn1c(CSc2ccc(C)cc2)nnc1SCC(C)C. The van der Waals surface area contributed by atoms with Crippen LogP contribution in [0.4, 0.5) is 0 Å². The smallest absolute Gasteiger partial charge is 0.191 e. The van der Waals surface area contributed by atoms with Gasteiger partial charge in [-0.1, -0.05) is 43.3 Å². The minimum Gasteiger partial charge on any atom is -0.306 e. The van der Waals surface area contributed by atoms with Crippen LogP contribution in [0.3, 0.4) is 0 Å². The van der Waals surface area contributed by atoms with Crippen molar-refractivity contribution in [2.24, 2.45) is 5.92 Å². The first kappa shape index (κ1) is 16.4. The van der Waals surface area contributed by atoms with E-state index in [1.165, 1.54) is 10.5 Å². The zero-order valence-corrected chi connectivity index (χ0v) is 14.8. The Balaban J connectivity index is 2.01.